The fourth-order valence-corrected chi connectivity index (χ4v) is 11.6. The second-order valence-corrected chi connectivity index (χ2v) is 18.4. The summed E-state index contributed by atoms with van der Waals surface area (Å²) in [5.74, 6) is 0. The molecule has 0 radical (unpaired) electrons. The number of para-hydroxylation sites is 1. The average molecular weight is 878 g/mol. The van der Waals surface area contributed by atoms with Gasteiger partial charge in [-0.2, -0.15) is 0 Å². The first-order chi connectivity index (χ1) is 34.2. The number of anilines is 3. The van der Waals surface area contributed by atoms with Crippen molar-refractivity contribution in [2.75, 3.05) is 4.90 Å². The Hall–Kier alpha value is -8.98. The highest BCUT2D eigenvalue weighted by atomic mass is 16.3. The molecule has 322 valence electrons. The van der Waals surface area contributed by atoms with Crippen molar-refractivity contribution in [1.82, 2.24) is 0 Å². The number of hydrogen-bond acceptors (Lipinski definition) is 2. The Morgan fingerprint density at radius 3 is 1.20 bits per heavy atom. The van der Waals surface area contributed by atoms with Crippen LogP contribution in [0.2, 0.25) is 0 Å². The first-order valence-corrected chi connectivity index (χ1v) is 23.8. The summed E-state index contributed by atoms with van der Waals surface area (Å²) in [6, 6.07) is 95.6. The molecule has 14 rings (SSSR count). The van der Waals surface area contributed by atoms with Gasteiger partial charge in [-0.05, 0) is 138 Å². The van der Waals surface area contributed by atoms with Gasteiger partial charge in [0.25, 0.3) is 0 Å². The molecule has 0 aliphatic heterocycles. The lowest BCUT2D eigenvalue weighted by molar-refractivity contribution is 0.669. The second kappa shape index (κ2) is 15.6. The van der Waals surface area contributed by atoms with Crippen LogP contribution in [0.5, 0.6) is 0 Å². The van der Waals surface area contributed by atoms with Crippen molar-refractivity contribution in [3.63, 3.8) is 0 Å². The SMILES string of the molecule is c1ccc(-c2ccc(N(c3ccc(-c4ccccc4)cc3)c3ccc4c(c3)C3(c5cc(-c6ccccc6)ccc5-c5ccc(-c6ccccc6)cc53)c3ccc5c(oc6ccccc65)c3-4)cc2)cc1. The first kappa shape index (κ1) is 39.2. The zero-order chi connectivity index (χ0) is 45.5. The summed E-state index contributed by atoms with van der Waals surface area (Å²) >= 11 is 0. The molecular weight excluding hydrogens is 835 g/mol. The molecule has 0 unspecified atom stereocenters. The van der Waals surface area contributed by atoms with E-state index >= 15 is 0 Å². The van der Waals surface area contributed by atoms with E-state index < -0.39 is 5.41 Å². The lowest BCUT2D eigenvalue weighted by Crippen LogP contribution is -2.26. The van der Waals surface area contributed by atoms with E-state index in [0.717, 1.165) is 44.6 Å². The van der Waals surface area contributed by atoms with E-state index in [4.69, 9.17) is 4.42 Å². The molecule has 0 atom stereocenters. The predicted octanol–water partition coefficient (Wildman–Crippen LogP) is 18.1. The number of rotatable bonds is 7. The molecule has 11 aromatic carbocycles. The van der Waals surface area contributed by atoms with Gasteiger partial charge in [0, 0.05) is 33.4 Å². The van der Waals surface area contributed by atoms with Crippen molar-refractivity contribution in [3.8, 4) is 66.8 Å². The third-order valence-electron chi connectivity index (χ3n) is 14.7. The van der Waals surface area contributed by atoms with Crippen molar-refractivity contribution in [2.24, 2.45) is 0 Å². The lowest BCUT2D eigenvalue weighted by Gasteiger charge is -2.33. The maximum Gasteiger partial charge on any atom is 0.143 e. The normalized spacial score (nSPS) is 12.8. The summed E-state index contributed by atoms with van der Waals surface area (Å²) in [5.41, 5.74) is 23.8. The van der Waals surface area contributed by atoms with E-state index in [9.17, 15) is 0 Å². The highest BCUT2D eigenvalue weighted by molar-refractivity contribution is 6.13. The molecule has 1 heterocycles. The van der Waals surface area contributed by atoms with Crippen LogP contribution in [0, 0.1) is 0 Å². The Kier molecular flexibility index (Phi) is 8.84. The number of hydrogen-bond donors (Lipinski definition) is 0. The Balaban J connectivity index is 1.06. The van der Waals surface area contributed by atoms with Crippen molar-refractivity contribution < 1.29 is 4.42 Å². The highest BCUT2D eigenvalue weighted by Gasteiger charge is 2.53. The molecule has 0 amide bonds. The lowest BCUT2D eigenvalue weighted by atomic mass is 9.69. The highest BCUT2D eigenvalue weighted by Crippen LogP contribution is 2.65. The zero-order valence-electron chi connectivity index (χ0n) is 37.7. The summed E-state index contributed by atoms with van der Waals surface area (Å²) in [6.07, 6.45) is 0. The molecule has 1 spiro atoms. The largest absolute Gasteiger partial charge is 0.455 e. The van der Waals surface area contributed by atoms with Crippen LogP contribution in [0.1, 0.15) is 22.3 Å². The molecule has 12 aromatic rings. The van der Waals surface area contributed by atoms with Crippen molar-refractivity contribution in [2.45, 2.75) is 5.41 Å². The van der Waals surface area contributed by atoms with Gasteiger partial charge in [0.05, 0.1) is 5.41 Å². The maximum atomic E-state index is 7.02. The Bertz CT molecular complexity index is 3740. The molecule has 2 heteroatoms. The summed E-state index contributed by atoms with van der Waals surface area (Å²) in [7, 11) is 0. The topological polar surface area (TPSA) is 16.4 Å². The first-order valence-electron chi connectivity index (χ1n) is 23.8. The van der Waals surface area contributed by atoms with Crippen LogP contribution < -0.4 is 4.90 Å². The van der Waals surface area contributed by atoms with Crippen LogP contribution in [0.4, 0.5) is 17.1 Å². The van der Waals surface area contributed by atoms with Gasteiger partial charge in [0.1, 0.15) is 11.2 Å². The molecule has 0 N–H and O–H groups in total. The third-order valence-corrected chi connectivity index (χ3v) is 14.7. The monoisotopic (exact) mass is 877 g/mol. The minimum atomic E-state index is -0.686. The van der Waals surface area contributed by atoms with Crippen LogP contribution in [-0.4, -0.2) is 0 Å². The molecular formula is C67H43NO. The van der Waals surface area contributed by atoms with Crippen molar-refractivity contribution in [3.05, 3.63) is 283 Å². The molecule has 1 aromatic heterocycles. The van der Waals surface area contributed by atoms with E-state index in [-0.39, 0.29) is 0 Å². The molecule has 0 fully saturated rings. The van der Waals surface area contributed by atoms with E-state index in [0.29, 0.717) is 0 Å². The van der Waals surface area contributed by atoms with Gasteiger partial charge >= 0.3 is 0 Å². The second-order valence-electron chi connectivity index (χ2n) is 18.4. The van der Waals surface area contributed by atoms with Crippen LogP contribution in [0.25, 0.3) is 88.7 Å². The zero-order valence-corrected chi connectivity index (χ0v) is 37.7. The van der Waals surface area contributed by atoms with E-state index in [1.54, 1.807) is 0 Å². The predicted molar refractivity (Wildman–Crippen MR) is 286 cm³/mol. The fraction of sp³-hybridized carbons (Fsp3) is 0.0149. The van der Waals surface area contributed by atoms with E-state index in [1.165, 1.54) is 83.5 Å². The maximum absolute atomic E-state index is 7.02. The van der Waals surface area contributed by atoms with Crippen molar-refractivity contribution >= 4 is 39.0 Å². The molecule has 0 bridgehead atoms. The van der Waals surface area contributed by atoms with Gasteiger partial charge in [0.15, 0.2) is 0 Å². The molecule has 0 saturated heterocycles. The van der Waals surface area contributed by atoms with Gasteiger partial charge in [-0.15, -0.1) is 0 Å². The van der Waals surface area contributed by atoms with Gasteiger partial charge in [-0.25, -0.2) is 0 Å². The third kappa shape index (κ3) is 6.06. The summed E-state index contributed by atoms with van der Waals surface area (Å²) in [5, 5.41) is 2.26. The molecule has 2 aliphatic carbocycles. The Morgan fingerprint density at radius 2 is 0.681 bits per heavy atom. The quantitative estimate of drug-likeness (QED) is 0.159. The molecule has 2 aliphatic rings. The van der Waals surface area contributed by atoms with Crippen LogP contribution >= 0.6 is 0 Å². The smallest absolute Gasteiger partial charge is 0.143 e. The molecule has 69 heavy (non-hydrogen) atoms. The van der Waals surface area contributed by atoms with Crippen LogP contribution in [-0.2, 0) is 5.41 Å². The van der Waals surface area contributed by atoms with Crippen LogP contribution in [0.15, 0.2) is 265 Å². The number of benzene rings is 11. The van der Waals surface area contributed by atoms with Gasteiger partial charge in [0.2, 0.25) is 0 Å². The van der Waals surface area contributed by atoms with Crippen LogP contribution in [0.3, 0.4) is 0 Å². The number of nitrogens with zero attached hydrogens (tertiary/aromatic N) is 1. The molecule has 0 saturated carbocycles. The van der Waals surface area contributed by atoms with Gasteiger partial charge < -0.3 is 9.32 Å². The Morgan fingerprint density at radius 1 is 0.275 bits per heavy atom. The summed E-state index contributed by atoms with van der Waals surface area (Å²) < 4.78 is 7.02. The fourth-order valence-electron chi connectivity index (χ4n) is 11.6. The standard InChI is InChI=1S/C67H43NO/c1-5-15-44(16-6-1)48-25-31-52(32-26-48)68(53-33-27-49(28-34-53)45-17-7-2-8-18-45)54-35-38-59-63(43-54)67(60-40-39-58-57-23-13-14-24-64(57)69-66(58)65(59)60)61-41-50(46-19-9-3-10-20-46)29-36-55(61)56-37-30-51(42-62(56)67)47-21-11-4-12-22-47/h1-43H. The van der Waals surface area contributed by atoms with Crippen molar-refractivity contribution in [1.29, 1.82) is 0 Å². The minimum Gasteiger partial charge on any atom is -0.455 e. The van der Waals surface area contributed by atoms with E-state index in [2.05, 4.69) is 266 Å². The Labute approximate surface area is 401 Å². The minimum absolute atomic E-state index is 0.686. The summed E-state index contributed by atoms with van der Waals surface area (Å²) in [6.45, 7) is 0. The molecule has 2 nitrogen and oxygen atoms in total. The van der Waals surface area contributed by atoms with E-state index in [1.807, 2.05) is 0 Å². The number of furan rings is 1. The average Bonchev–Trinajstić information content (AvgIpc) is 4.06. The summed E-state index contributed by atoms with van der Waals surface area (Å²) in [4.78, 5) is 2.43. The van der Waals surface area contributed by atoms with Gasteiger partial charge in [-0.3, -0.25) is 0 Å². The number of fused-ring (bicyclic) bond motifs is 14. The van der Waals surface area contributed by atoms with Gasteiger partial charge in [-0.1, -0.05) is 206 Å².